The molecule has 3 rings (SSSR count). The minimum Gasteiger partial charge on any atom is -0.508 e. The van der Waals surface area contributed by atoms with E-state index >= 15 is 0 Å². The van der Waals surface area contributed by atoms with Gasteiger partial charge >= 0.3 is 0 Å². The maximum absolute atomic E-state index is 10.3. The van der Waals surface area contributed by atoms with E-state index in [0.717, 1.165) is 27.6 Å². The second-order valence-electron chi connectivity index (χ2n) is 5.21. The molecule has 0 saturated carbocycles. The summed E-state index contributed by atoms with van der Waals surface area (Å²) in [7, 11) is 1.66. The molecule has 0 fully saturated rings. The van der Waals surface area contributed by atoms with E-state index in [9.17, 15) is 5.11 Å². The van der Waals surface area contributed by atoms with Crippen LogP contribution in [0.5, 0.6) is 11.5 Å². The molecule has 0 aliphatic rings. The van der Waals surface area contributed by atoms with E-state index in [4.69, 9.17) is 4.74 Å². The van der Waals surface area contributed by atoms with Crippen molar-refractivity contribution in [1.29, 1.82) is 0 Å². The molecule has 1 N–H and O–H groups in total. The Morgan fingerprint density at radius 1 is 0.905 bits per heavy atom. The summed E-state index contributed by atoms with van der Waals surface area (Å²) in [5.41, 5.74) is 2.13. The minimum absolute atomic E-state index is 0.113. The third kappa shape index (κ3) is 2.45. The zero-order chi connectivity index (χ0) is 14.8. The number of methoxy groups -OCH3 is 1. The third-order valence-electron chi connectivity index (χ3n) is 4.00. The number of phenols is 1. The van der Waals surface area contributed by atoms with E-state index in [2.05, 4.69) is 19.1 Å². The van der Waals surface area contributed by atoms with Gasteiger partial charge in [-0.15, -0.1) is 0 Å². The van der Waals surface area contributed by atoms with Crippen LogP contribution in [0.3, 0.4) is 0 Å². The van der Waals surface area contributed by atoms with E-state index < -0.39 is 0 Å². The SMILES string of the molecule is COc1ccc(C(C)c2c(O)ccc3ccccc23)cc1. The Hall–Kier alpha value is -2.48. The van der Waals surface area contributed by atoms with Gasteiger partial charge < -0.3 is 9.84 Å². The minimum atomic E-state index is 0.113. The summed E-state index contributed by atoms with van der Waals surface area (Å²) < 4.78 is 5.20. The molecule has 3 aromatic rings. The Morgan fingerprint density at radius 3 is 2.33 bits per heavy atom. The lowest BCUT2D eigenvalue weighted by Gasteiger charge is -2.17. The highest BCUT2D eigenvalue weighted by atomic mass is 16.5. The molecule has 0 bridgehead atoms. The Morgan fingerprint density at radius 2 is 1.62 bits per heavy atom. The summed E-state index contributed by atoms with van der Waals surface area (Å²) in [4.78, 5) is 0. The van der Waals surface area contributed by atoms with Gasteiger partial charge in [-0.2, -0.15) is 0 Å². The van der Waals surface area contributed by atoms with Crippen LogP contribution in [0.25, 0.3) is 10.8 Å². The molecular formula is C19H18O2. The quantitative estimate of drug-likeness (QED) is 0.752. The highest BCUT2D eigenvalue weighted by Crippen LogP contribution is 2.37. The number of fused-ring (bicyclic) bond motifs is 1. The standard InChI is InChI=1S/C19H18O2/c1-13(14-7-10-16(21-2)11-8-14)19-17-6-4-3-5-15(17)9-12-18(19)20/h3-13,20H,1-2H3. The van der Waals surface area contributed by atoms with E-state index in [1.54, 1.807) is 13.2 Å². The normalized spacial score (nSPS) is 12.3. The van der Waals surface area contributed by atoms with Crippen LogP contribution in [0.2, 0.25) is 0 Å². The first-order chi connectivity index (χ1) is 10.2. The van der Waals surface area contributed by atoms with E-state index in [-0.39, 0.29) is 5.92 Å². The van der Waals surface area contributed by atoms with Gasteiger partial charge in [0.2, 0.25) is 0 Å². The number of hydrogen-bond donors (Lipinski definition) is 1. The molecule has 2 heteroatoms. The average molecular weight is 278 g/mol. The fourth-order valence-corrected chi connectivity index (χ4v) is 2.80. The van der Waals surface area contributed by atoms with Crippen molar-refractivity contribution >= 4 is 10.8 Å². The number of benzene rings is 3. The van der Waals surface area contributed by atoms with Crippen LogP contribution in [-0.2, 0) is 0 Å². The highest BCUT2D eigenvalue weighted by Gasteiger charge is 2.16. The van der Waals surface area contributed by atoms with Crippen molar-refractivity contribution in [3.63, 3.8) is 0 Å². The van der Waals surface area contributed by atoms with Gasteiger partial charge in [0, 0.05) is 11.5 Å². The Kier molecular flexibility index (Phi) is 3.53. The zero-order valence-corrected chi connectivity index (χ0v) is 12.2. The van der Waals surface area contributed by atoms with Crippen molar-refractivity contribution in [2.75, 3.05) is 7.11 Å². The summed E-state index contributed by atoms with van der Waals surface area (Å²) in [6.07, 6.45) is 0. The Bertz CT molecular complexity index is 760. The second kappa shape index (κ2) is 5.49. The summed E-state index contributed by atoms with van der Waals surface area (Å²) in [5, 5.41) is 12.6. The molecule has 2 nitrogen and oxygen atoms in total. The van der Waals surface area contributed by atoms with E-state index in [1.165, 1.54) is 0 Å². The zero-order valence-electron chi connectivity index (χ0n) is 12.2. The second-order valence-corrected chi connectivity index (χ2v) is 5.21. The largest absolute Gasteiger partial charge is 0.508 e. The van der Waals surface area contributed by atoms with Gasteiger partial charge in [-0.1, -0.05) is 49.4 Å². The highest BCUT2D eigenvalue weighted by molar-refractivity contribution is 5.88. The molecule has 106 valence electrons. The van der Waals surface area contributed by atoms with Crippen LogP contribution in [0.15, 0.2) is 60.7 Å². The molecule has 0 spiro atoms. The number of rotatable bonds is 3. The van der Waals surface area contributed by atoms with Crippen molar-refractivity contribution < 1.29 is 9.84 Å². The fourth-order valence-electron chi connectivity index (χ4n) is 2.80. The average Bonchev–Trinajstić information content (AvgIpc) is 2.54. The van der Waals surface area contributed by atoms with Crippen molar-refractivity contribution in [2.45, 2.75) is 12.8 Å². The van der Waals surface area contributed by atoms with Crippen LogP contribution in [0.4, 0.5) is 0 Å². The van der Waals surface area contributed by atoms with Crippen LogP contribution in [-0.4, -0.2) is 12.2 Å². The molecule has 0 aliphatic heterocycles. The summed E-state index contributed by atoms with van der Waals surface area (Å²) in [5.74, 6) is 1.30. The molecule has 0 aromatic heterocycles. The lowest BCUT2D eigenvalue weighted by atomic mass is 9.88. The number of hydrogen-bond acceptors (Lipinski definition) is 2. The van der Waals surface area contributed by atoms with Gasteiger partial charge in [0.25, 0.3) is 0 Å². The smallest absolute Gasteiger partial charge is 0.120 e. The molecule has 0 heterocycles. The van der Waals surface area contributed by atoms with Gasteiger partial charge in [0.15, 0.2) is 0 Å². The van der Waals surface area contributed by atoms with Crippen molar-refractivity contribution in [2.24, 2.45) is 0 Å². The van der Waals surface area contributed by atoms with Crippen molar-refractivity contribution in [3.05, 3.63) is 71.8 Å². The maximum atomic E-state index is 10.3. The predicted molar refractivity (Wildman–Crippen MR) is 86.1 cm³/mol. The molecule has 0 radical (unpaired) electrons. The molecule has 0 saturated heterocycles. The van der Waals surface area contributed by atoms with Crippen molar-refractivity contribution in [1.82, 2.24) is 0 Å². The van der Waals surface area contributed by atoms with E-state index in [0.29, 0.717) is 5.75 Å². The first-order valence-electron chi connectivity index (χ1n) is 7.05. The summed E-state index contributed by atoms with van der Waals surface area (Å²) in [6, 6.07) is 19.9. The number of ether oxygens (including phenoxy) is 1. The first-order valence-corrected chi connectivity index (χ1v) is 7.05. The number of phenolic OH excluding ortho intramolecular Hbond substituents is 1. The van der Waals surface area contributed by atoms with Crippen LogP contribution >= 0.6 is 0 Å². The van der Waals surface area contributed by atoms with Gasteiger partial charge in [-0.05, 0) is 34.5 Å². The Balaban J connectivity index is 2.12. The maximum Gasteiger partial charge on any atom is 0.120 e. The van der Waals surface area contributed by atoms with Crippen LogP contribution in [0, 0.1) is 0 Å². The van der Waals surface area contributed by atoms with Gasteiger partial charge in [0.1, 0.15) is 11.5 Å². The summed E-state index contributed by atoms with van der Waals surface area (Å²) >= 11 is 0. The fraction of sp³-hybridized carbons (Fsp3) is 0.158. The molecule has 1 unspecified atom stereocenters. The monoisotopic (exact) mass is 278 g/mol. The first kappa shape index (κ1) is 13.5. The topological polar surface area (TPSA) is 29.5 Å². The summed E-state index contributed by atoms with van der Waals surface area (Å²) in [6.45, 7) is 2.11. The molecule has 0 amide bonds. The van der Waals surface area contributed by atoms with Gasteiger partial charge in [-0.3, -0.25) is 0 Å². The molecule has 0 aliphatic carbocycles. The van der Waals surface area contributed by atoms with Crippen LogP contribution in [0.1, 0.15) is 24.0 Å². The number of aromatic hydroxyl groups is 1. The molecule has 21 heavy (non-hydrogen) atoms. The van der Waals surface area contributed by atoms with Gasteiger partial charge in [0.05, 0.1) is 7.11 Å². The van der Waals surface area contributed by atoms with E-state index in [1.807, 2.05) is 42.5 Å². The molecular weight excluding hydrogens is 260 g/mol. The third-order valence-corrected chi connectivity index (χ3v) is 4.00. The Labute approximate surface area is 124 Å². The predicted octanol–water partition coefficient (Wildman–Crippen LogP) is 4.71. The van der Waals surface area contributed by atoms with Crippen LogP contribution < -0.4 is 4.74 Å². The molecule has 3 aromatic carbocycles. The lowest BCUT2D eigenvalue weighted by Crippen LogP contribution is -1.98. The molecule has 1 atom stereocenters. The van der Waals surface area contributed by atoms with Crippen molar-refractivity contribution in [3.8, 4) is 11.5 Å². The lowest BCUT2D eigenvalue weighted by molar-refractivity contribution is 0.414. The van der Waals surface area contributed by atoms with Gasteiger partial charge in [-0.25, -0.2) is 0 Å².